The molecule has 1 aliphatic rings. The van der Waals surface area contributed by atoms with Gasteiger partial charge < -0.3 is 5.32 Å². The molecule has 1 N–H and O–H groups in total. The van der Waals surface area contributed by atoms with Crippen molar-refractivity contribution in [3.05, 3.63) is 35.4 Å². The van der Waals surface area contributed by atoms with Gasteiger partial charge in [-0.25, -0.2) is 17.2 Å². The highest BCUT2D eigenvalue weighted by atomic mass is 32.2. The lowest BCUT2D eigenvalue weighted by molar-refractivity contribution is 0.151. The Bertz CT molecular complexity index is 499. The first-order valence-corrected chi connectivity index (χ1v) is 7.59. The highest BCUT2D eigenvalue weighted by molar-refractivity contribution is 7.91. The van der Waals surface area contributed by atoms with E-state index in [0.717, 1.165) is 5.56 Å². The van der Waals surface area contributed by atoms with Crippen LogP contribution in [0.15, 0.2) is 24.3 Å². The maximum Gasteiger partial charge on any atom is 0.263 e. The van der Waals surface area contributed by atoms with Crippen molar-refractivity contribution < 1.29 is 17.2 Å². The van der Waals surface area contributed by atoms with Crippen LogP contribution in [-0.2, 0) is 16.4 Å². The van der Waals surface area contributed by atoms with Crippen molar-refractivity contribution in [2.75, 3.05) is 11.5 Å². The smallest absolute Gasteiger partial charge is 0.263 e. The predicted molar refractivity (Wildman–Crippen MR) is 65.3 cm³/mol. The molecule has 0 bridgehead atoms. The van der Waals surface area contributed by atoms with E-state index >= 15 is 0 Å². The quantitative estimate of drug-likeness (QED) is 0.913. The van der Waals surface area contributed by atoms with Crippen molar-refractivity contribution >= 4 is 9.84 Å². The van der Waals surface area contributed by atoms with Crippen LogP contribution in [0.2, 0.25) is 0 Å². The van der Waals surface area contributed by atoms with Crippen LogP contribution < -0.4 is 5.32 Å². The number of sulfone groups is 1. The second kappa shape index (κ2) is 5.32. The molecule has 1 fully saturated rings. The molecule has 0 radical (unpaired) electrons. The highest BCUT2D eigenvalue weighted by Gasteiger charge is 2.27. The van der Waals surface area contributed by atoms with Crippen molar-refractivity contribution in [3.63, 3.8) is 0 Å². The van der Waals surface area contributed by atoms with Gasteiger partial charge in [0.15, 0.2) is 9.84 Å². The molecule has 0 aliphatic carbocycles. The third-order valence-corrected chi connectivity index (χ3v) is 4.83. The molecular weight excluding hydrogens is 260 g/mol. The number of nitrogens with one attached hydrogen (secondary N) is 1. The van der Waals surface area contributed by atoms with Gasteiger partial charge in [-0.05, 0) is 12.0 Å². The third-order valence-electron chi connectivity index (χ3n) is 3.06. The summed E-state index contributed by atoms with van der Waals surface area (Å²) in [6.07, 6.45) is -1.83. The van der Waals surface area contributed by atoms with E-state index in [0.29, 0.717) is 13.0 Å². The zero-order chi connectivity index (χ0) is 13.2. The molecule has 0 amide bonds. The van der Waals surface area contributed by atoms with Crippen molar-refractivity contribution in [2.24, 2.45) is 0 Å². The minimum Gasteiger partial charge on any atom is -0.309 e. The normalized spacial score (nSPS) is 22.5. The van der Waals surface area contributed by atoms with E-state index in [1.54, 1.807) is 12.1 Å². The van der Waals surface area contributed by atoms with Crippen molar-refractivity contribution in [3.8, 4) is 0 Å². The SMILES string of the molecule is O=S1(=O)CCC(NCc2ccc(C(F)F)cc2)C1. The average molecular weight is 275 g/mol. The van der Waals surface area contributed by atoms with Gasteiger partial charge in [-0.2, -0.15) is 0 Å². The number of rotatable bonds is 4. The summed E-state index contributed by atoms with van der Waals surface area (Å²) in [5, 5.41) is 3.14. The van der Waals surface area contributed by atoms with Gasteiger partial charge in [-0.15, -0.1) is 0 Å². The van der Waals surface area contributed by atoms with Crippen molar-refractivity contribution in [2.45, 2.75) is 25.4 Å². The summed E-state index contributed by atoms with van der Waals surface area (Å²) in [7, 11) is -2.88. The van der Waals surface area contributed by atoms with Crippen LogP contribution in [0.1, 0.15) is 24.0 Å². The van der Waals surface area contributed by atoms with E-state index in [-0.39, 0.29) is 23.1 Å². The Morgan fingerprint density at radius 1 is 1.28 bits per heavy atom. The summed E-state index contributed by atoms with van der Waals surface area (Å²) in [5.41, 5.74) is 0.880. The second-order valence-corrected chi connectivity index (χ2v) is 6.75. The Balaban J connectivity index is 1.87. The lowest BCUT2D eigenvalue weighted by atomic mass is 10.1. The molecule has 1 aliphatic heterocycles. The molecule has 100 valence electrons. The lowest BCUT2D eigenvalue weighted by Crippen LogP contribution is -2.29. The molecule has 1 saturated heterocycles. The van der Waals surface area contributed by atoms with Gasteiger partial charge in [0.05, 0.1) is 11.5 Å². The molecular formula is C12H15F2NO2S. The summed E-state index contributed by atoms with van der Waals surface area (Å²) in [6, 6.07) is 6.04. The number of hydrogen-bond donors (Lipinski definition) is 1. The van der Waals surface area contributed by atoms with E-state index in [4.69, 9.17) is 0 Å². The lowest BCUT2D eigenvalue weighted by Gasteiger charge is -2.10. The van der Waals surface area contributed by atoms with Crippen LogP contribution in [0.3, 0.4) is 0 Å². The molecule has 18 heavy (non-hydrogen) atoms. The van der Waals surface area contributed by atoms with Gasteiger partial charge in [0, 0.05) is 18.2 Å². The number of alkyl halides is 2. The monoisotopic (exact) mass is 275 g/mol. The first kappa shape index (κ1) is 13.4. The number of benzene rings is 1. The zero-order valence-electron chi connectivity index (χ0n) is 9.77. The first-order valence-electron chi connectivity index (χ1n) is 5.77. The van der Waals surface area contributed by atoms with E-state index in [1.165, 1.54) is 12.1 Å². The Labute approximate surface area is 105 Å². The van der Waals surface area contributed by atoms with Crippen LogP contribution in [-0.4, -0.2) is 26.0 Å². The minimum absolute atomic E-state index is 0.00203. The summed E-state index contributed by atoms with van der Waals surface area (Å²) in [6.45, 7) is 0.504. The number of halogens is 2. The van der Waals surface area contributed by atoms with Gasteiger partial charge in [0.2, 0.25) is 0 Å². The number of hydrogen-bond acceptors (Lipinski definition) is 3. The summed E-state index contributed by atoms with van der Waals surface area (Å²) in [4.78, 5) is 0. The molecule has 0 spiro atoms. The van der Waals surface area contributed by atoms with Crippen molar-refractivity contribution in [1.82, 2.24) is 5.32 Å². The predicted octanol–water partition coefficient (Wildman–Crippen LogP) is 1.90. The minimum atomic E-state index is -2.88. The summed E-state index contributed by atoms with van der Waals surface area (Å²) >= 11 is 0. The summed E-state index contributed by atoms with van der Waals surface area (Å²) in [5.74, 6) is 0.400. The molecule has 1 heterocycles. The van der Waals surface area contributed by atoms with Gasteiger partial charge >= 0.3 is 0 Å². The Kier molecular flexibility index (Phi) is 3.97. The molecule has 2 rings (SSSR count). The fourth-order valence-corrected chi connectivity index (χ4v) is 3.71. The van der Waals surface area contributed by atoms with Crippen LogP contribution in [0.25, 0.3) is 0 Å². The molecule has 6 heteroatoms. The molecule has 0 saturated carbocycles. The maximum atomic E-state index is 12.3. The van der Waals surface area contributed by atoms with Crippen molar-refractivity contribution in [1.29, 1.82) is 0 Å². The molecule has 1 aromatic carbocycles. The van der Waals surface area contributed by atoms with Gasteiger partial charge in [-0.3, -0.25) is 0 Å². The first-order chi connectivity index (χ1) is 8.46. The molecule has 3 nitrogen and oxygen atoms in total. The van der Waals surface area contributed by atoms with Gasteiger partial charge in [0.25, 0.3) is 6.43 Å². The van der Waals surface area contributed by atoms with E-state index in [9.17, 15) is 17.2 Å². The van der Waals surface area contributed by atoms with E-state index in [2.05, 4.69) is 5.32 Å². The largest absolute Gasteiger partial charge is 0.309 e. The zero-order valence-corrected chi connectivity index (χ0v) is 10.6. The van der Waals surface area contributed by atoms with Gasteiger partial charge in [-0.1, -0.05) is 24.3 Å². The topological polar surface area (TPSA) is 46.2 Å². The molecule has 0 aromatic heterocycles. The van der Waals surface area contributed by atoms with Crippen LogP contribution in [0.5, 0.6) is 0 Å². The maximum absolute atomic E-state index is 12.3. The fraction of sp³-hybridized carbons (Fsp3) is 0.500. The van der Waals surface area contributed by atoms with Gasteiger partial charge in [0.1, 0.15) is 0 Å². The van der Waals surface area contributed by atoms with Crippen LogP contribution >= 0.6 is 0 Å². The Morgan fingerprint density at radius 2 is 1.94 bits per heavy atom. The molecule has 1 atom stereocenters. The third kappa shape index (κ3) is 3.49. The standard InChI is InChI=1S/C12H15F2NO2S/c13-12(14)10-3-1-9(2-4-10)7-15-11-5-6-18(16,17)8-11/h1-4,11-12,15H,5-8H2. The van der Waals surface area contributed by atoms with E-state index < -0.39 is 16.3 Å². The summed E-state index contributed by atoms with van der Waals surface area (Å²) < 4.78 is 47.2. The Hall–Kier alpha value is -1.01. The molecule has 1 aromatic rings. The highest BCUT2D eigenvalue weighted by Crippen LogP contribution is 2.19. The van der Waals surface area contributed by atoms with E-state index in [1.807, 2.05) is 0 Å². The Morgan fingerprint density at radius 3 is 2.44 bits per heavy atom. The van der Waals surface area contributed by atoms with Crippen LogP contribution in [0, 0.1) is 0 Å². The molecule has 1 unspecified atom stereocenters. The second-order valence-electron chi connectivity index (χ2n) is 4.52. The van der Waals surface area contributed by atoms with Crippen LogP contribution in [0.4, 0.5) is 8.78 Å². The average Bonchev–Trinajstić information content (AvgIpc) is 2.67. The fourth-order valence-electron chi connectivity index (χ4n) is 2.00.